The molecular weight excluding hydrogens is 342 g/mol. The van der Waals surface area contributed by atoms with Gasteiger partial charge in [-0.2, -0.15) is 0 Å². The molecule has 1 heterocycles. The first-order valence-corrected chi connectivity index (χ1v) is 9.24. The van der Waals surface area contributed by atoms with Crippen molar-refractivity contribution in [2.75, 3.05) is 11.6 Å². The van der Waals surface area contributed by atoms with Crippen molar-refractivity contribution in [1.29, 1.82) is 0 Å². The van der Waals surface area contributed by atoms with Crippen molar-refractivity contribution in [1.82, 2.24) is 10.2 Å². The standard InChI is InChI=1S/C17H15N3O4S/c1-11-3-5-13(6-4-11)16-19-20-17(24-16)18-15(21)12-7-9-14(10-8-12)25(2,22)23/h3-10H,1-2H3,(H,18,20,21). The topological polar surface area (TPSA) is 102 Å². The molecule has 0 aliphatic carbocycles. The predicted molar refractivity (Wildman–Crippen MR) is 92.0 cm³/mol. The van der Waals surface area contributed by atoms with Gasteiger partial charge in [-0.05, 0) is 43.3 Å². The molecule has 128 valence electrons. The molecule has 1 N–H and O–H groups in total. The third-order valence-corrected chi connectivity index (χ3v) is 4.62. The highest BCUT2D eigenvalue weighted by molar-refractivity contribution is 7.90. The number of anilines is 1. The summed E-state index contributed by atoms with van der Waals surface area (Å²) >= 11 is 0. The van der Waals surface area contributed by atoms with Crippen molar-refractivity contribution in [3.63, 3.8) is 0 Å². The van der Waals surface area contributed by atoms with Crippen LogP contribution < -0.4 is 5.32 Å². The molecule has 0 unspecified atom stereocenters. The van der Waals surface area contributed by atoms with Gasteiger partial charge in [0.05, 0.1) is 4.90 Å². The first-order valence-electron chi connectivity index (χ1n) is 7.35. The van der Waals surface area contributed by atoms with E-state index >= 15 is 0 Å². The predicted octanol–water partition coefficient (Wildman–Crippen LogP) is 2.70. The molecule has 25 heavy (non-hydrogen) atoms. The lowest BCUT2D eigenvalue weighted by molar-refractivity contribution is 0.102. The van der Waals surface area contributed by atoms with Gasteiger partial charge in [0.1, 0.15) is 0 Å². The van der Waals surface area contributed by atoms with E-state index in [1.807, 2.05) is 31.2 Å². The highest BCUT2D eigenvalue weighted by Gasteiger charge is 2.14. The number of rotatable bonds is 4. The molecule has 0 aliphatic heterocycles. The van der Waals surface area contributed by atoms with E-state index in [2.05, 4.69) is 15.5 Å². The molecule has 0 radical (unpaired) electrons. The zero-order chi connectivity index (χ0) is 18.0. The highest BCUT2D eigenvalue weighted by atomic mass is 32.2. The molecule has 1 aromatic heterocycles. The van der Waals surface area contributed by atoms with Crippen molar-refractivity contribution < 1.29 is 17.6 Å². The summed E-state index contributed by atoms with van der Waals surface area (Å²) in [6, 6.07) is 13.1. The summed E-state index contributed by atoms with van der Waals surface area (Å²) in [5, 5.41) is 10.2. The molecule has 0 aliphatic rings. The third kappa shape index (κ3) is 3.92. The number of aromatic nitrogens is 2. The Kier molecular flexibility index (Phi) is 4.37. The second-order valence-electron chi connectivity index (χ2n) is 5.53. The average molecular weight is 357 g/mol. The fourth-order valence-corrected chi connectivity index (χ4v) is 2.74. The summed E-state index contributed by atoms with van der Waals surface area (Å²) in [5.41, 5.74) is 2.13. The number of nitrogens with zero attached hydrogens (tertiary/aromatic N) is 2. The number of benzene rings is 2. The van der Waals surface area contributed by atoms with Crippen molar-refractivity contribution in [2.45, 2.75) is 11.8 Å². The van der Waals surface area contributed by atoms with Crippen LogP contribution in [0.4, 0.5) is 6.01 Å². The third-order valence-electron chi connectivity index (χ3n) is 3.49. The van der Waals surface area contributed by atoms with E-state index in [4.69, 9.17) is 4.42 Å². The highest BCUT2D eigenvalue weighted by Crippen LogP contribution is 2.20. The van der Waals surface area contributed by atoms with Gasteiger partial charge in [0.2, 0.25) is 5.89 Å². The number of sulfone groups is 1. The van der Waals surface area contributed by atoms with E-state index in [0.29, 0.717) is 5.89 Å². The molecule has 0 fully saturated rings. The smallest absolute Gasteiger partial charge is 0.322 e. The molecule has 1 amide bonds. The van der Waals surface area contributed by atoms with E-state index in [0.717, 1.165) is 17.4 Å². The molecule has 0 saturated carbocycles. The summed E-state index contributed by atoms with van der Waals surface area (Å²) in [5.74, 6) is -0.179. The van der Waals surface area contributed by atoms with Crippen LogP contribution in [0.2, 0.25) is 0 Å². The van der Waals surface area contributed by atoms with Crippen LogP contribution >= 0.6 is 0 Å². The molecule has 8 heteroatoms. The molecule has 0 spiro atoms. The van der Waals surface area contributed by atoms with Gasteiger partial charge >= 0.3 is 6.01 Å². The molecule has 0 bridgehead atoms. The molecular formula is C17H15N3O4S. The maximum absolute atomic E-state index is 12.2. The number of hydrogen-bond acceptors (Lipinski definition) is 6. The lowest BCUT2D eigenvalue weighted by atomic mass is 10.1. The molecule has 7 nitrogen and oxygen atoms in total. The number of nitrogens with one attached hydrogen (secondary N) is 1. The lowest BCUT2D eigenvalue weighted by Crippen LogP contribution is -2.12. The Labute approximate surface area is 144 Å². The van der Waals surface area contributed by atoms with Crippen molar-refractivity contribution in [2.24, 2.45) is 0 Å². The van der Waals surface area contributed by atoms with Crippen molar-refractivity contribution >= 4 is 21.8 Å². The van der Waals surface area contributed by atoms with Gasteiger partial charge < -0.3 is 4.42 Å². The molecule has 3 aromatic rings. The number of aryl methyl sites for hydroxylation is 1. The summed E-state index contributed by atoms with van der Waals surface area (Å²) in [7, 11) is -3.31. The summed E-state index contributed by atoms with van der Waals surface area (Å²) < 4.78 is 28.3. The molecule has 0 atom stereocenters. The number of hydrogen-bond donors (Lipinski definition) is 1. The quantitative estimate of drug-likeness (QED) is 0.770. The van der Waals surface area contributed by atoms with Crippen LogP contribution in [0.25, 0.3) is 11.5 Å². The summed E-state index contributed by atoms with van der Waals surface area (Å²) in [4.78, 5) is 12.3. The van der Waals surface area contributed by atoms with Gasteiger partial charge in [-0.3, -0.25) is 10.1 Å². The fraction of sp³-hybridized carbons (Fsp3) is 0.118. The first-order chi connectivity index (χ1) is 11.8. The van der Waals surface area contributed by atoms with E-state index in [1.165, 1.54) is 24.3 Å². The van der Waals surface area contributed by atoms with E-state index < -0.39 is 15.7 Å². The minimum atomic E-state index is -3.31. The number of carbonyl (C=O) groups excluding carboxylic acids is 1. The maximum Gasteiger partial charge on any atom is 0.322 e. The monoisotopic (exact) mass is 357 g/mol. The minimum absolute atomic E-state index is 0.0345. The molecule has 3 rings (SSSR count). The van der Waals surface area contributed by atoms with Crippen molar-refractivity contribution in [3.05, 3.63) is 59.7 Å². The van der Waals surface area contributed by atoms with Crippen LogP contribution in [-0.4, -0.2) is 30.8 Å². The Morgan fingerprint density at radius 3 is 2.24 bits per heavy atom. The van der Waals surface area contributed by atoms with Gasteiger partial charge in [-0.25, -0.2) is 8.42 Å². The van der Waals surface area contributed by atoms with Gasteiger partial charge in [-0.15, -0.1) is 5.10 Å². The second-order valence-corrected chi connectivity index (χ2v) is 7.54. The zero-order valence-electron chi connectivity index (χ0n) is 13.6. The van der Waals surface area contributed by atoms with E-state index in [1.54, 1.807) is 0 Å². The Bertz CT molecular complexity index is 1010. The van der Waals surface area contributed by atoms with Gasteiger partial charge in [0.15, 0.2) is 9.84 Å². The van der Waals surface area contributed by atoms with Crippen LogP contribution in [-0.2, 0) is 9.84 Å². The van der Waals surface area contributed by atoms with Crippen LogP contribution in [0, 0.1) is 6.92 Å². The minimum Gasteiger partial charge on any atom is -0.403 e. The normalized spacial score (nSPS) is 11.3. The van der Waals surface area contributed by atoms with E-state index in [9.17, 15) is 13.2 Å². The SMILES string of the molecule is Cc1ccc(-c2nnc(NC(=O)c3ccc(S(C)(=O)=O)cc3)o2)cc1. The maximum atomic E-state index is 12.2. The van der Waals surface area contributed by atoms with Crippen LogP contribution in [0.1, 0.15) is 15.9 Å². The average Bonchev–Trinajstić information content (AvgIpc) is 3.03. The van der Waals surface area contributed by atoms with Gasteiger partial charge in [0.25, 0.3) is 5.91 Å². The van der Waals surface area contributed by atoms with Gasteiger partial charge in [-0.1, -0.05) is 22.8 Å². The summed E-state index contributed by atoms with van der Waals surface area (Å²) in [6.45, 7) is 1.97. The Morgan fingerprint density at radius 1 is 1.00 bits per heavy atom. The van der Waals surface area contributed by atoms with Crippen LogP contribution in [0.3, 0.4) is 0 Å². The molecule has 0 saturated heterocycles. The Balaban J connectivity index is 1.74. The van der Waals surface area contributed by atoms with Crippen LogP contribution in [0.5, 0.6) is 0 Å². The first kappa shape index (κ1) is 16.8. The van der Waals surface area contributed by atoms with Gasteiger partial charge in [0, 0.05) is 17.4 Å². The number of amides is 1. The van der Waals surface area contributed by atoms with E-state index in [-0.39, 0.29) is 16.5 Å². The zero-order valence-corrected chi connectivity index (χ0v) is 14.4. The number of carbonyl (C=O) groups is 1. The second kappa shape index (κ2) is 6.48. The fourth-order valence-electron chi connectivity index (χ4n) is 2.11. The summed E-state index contributed by atoms with van der Waals surface area (Å²) in [6.07, 6.45) is 1.10. The molecule has 2 aromatic carbocycles. The Morgan fingerprint density at radius 2 is 1.64 bits per heavy atom. The van der Waals surface area contributed by atoms with Crippen LogP contribution in [0.15, 0.2) is 57.8 Å². The largest absolute Gasteiger partial charge is 0.403 e. The van der Waals surface area contributed by atoms with Crippen molar-refractivity contribution in [3.8, 4) is 11.5 Å². The lowest BCUT2D eigenvalue weighted by Gasteiger charge is -2.02. The Hall–Kier alpha value is -3.00.